The van der Waals surface area contributed by atoms with Gasteiger partial charge >= 0.3 is 6.09 Å². The molecule has 0 saturated heterocycles. The Hall–Kier alpha value is -1.64. The van der Waals surface area contributed by atoms with Crippen molar-refractivity contribution in [2.24, 2.45) is 0 Å². The van der Waals surface area contributed by atoms with Gasteiger partial charge in [0.05, 0.1) is 21.3 Å². The summed E-state index contributed by atoms with van der Waals surface area (Å²) in [5, 5.41) is 1.71. The van der Waals surface area contributed by atoms with Crippen LogP contribution in [-0.2, 0) is 11.2 Å². The maximum Gasteiger partial charge on any atom is 0.410 e. The number of fused-ring (bicyclic) bond motifs is 2. The number of thiophene rings is 1. The predicted molar refractivity (Wildman–Crippen MR) is 120 cm³/mol. The molecule has 0 saturated carbocycles. The molecule has 148 valence electrons. The molecule has 4 rings (SSSR count). The quantitative estimate of drug-likeness (QED) is 0.449. The second-order valence-corrected chi connectivity index (χ2v) is 10.9. The molecule has 0 unspecified atom stereocenters. The van der Waals surface area contributed by atoms with Crippen LogP contribution in [-0.4, -0.2) is 28.1 Å². The molecule has 0 bridgehead atoms. The lowest BCUT2D eigenvalue weighted by atomic mass is 9.99. The van der Waals surface area contributed by atoms with Crippen molar-refractivity contribution < 1.29 is 9.53 Å². The van der Waals surface area contributed by atoms with E-state index in [0.717, 1.165) is 41.6 Å². The number of carbonyl (C=O) groups excluding carboxylic acids is 1. The second kappa shape index (κ2) is 7.00. The number of benzene rings is 1. The highest BCUT2D eigenvalue weighted by Gasteiger charge is 2.35. The number of halogens is 1. The highest BCUT2D eigenvalue weighted by molar-refractivity contribution is 9.10. The summed E-state index contributed by atoms with van der Waals surface area (Å²) in [6.45, 7) is 8.31. The van der Waals surface area contributed by atoms with Gasteiger partial charge in [-0.2, -0.15) is 0 Å². The molecule has 0 spiro atoms. The zero-order chi connectivity index (χ0) is 20.2. The van der Waals surface area contributed by atoms with Gasteiger partial charge in [0.2, 0.25) is 0 Å². The van der Waals surface area contributed by atoms with Gasteiger partial charge < -0.3 is 15.4 Å². The highest BCUT2D eigenvalue weighted by Crippen LogP contribution is 2.47. The van der Waals surface area contributed by atoms with Crippen LogP contribution in [0.4, 0.5) is 9.80 Å². The van der Waals surface area contributed by atoms with Crippen LogP contribution in [0.1, 0.15) is 44.2 Å². The summed E-state index contributed by atoms with van der Waals surface area (Å²) >= 11 is 6.72. The van der Waals surface area contributed by atoms with Crippen LogP contribution in [0.15, 0.2) is 22.7 Å². The summed E-state index contributed by atoms with van der Waals surface area (Å²) in [6, 6.07) is 6.06. The van der Waals surface area contributed by atoms with Crippen molar-refractivity contribution in [3.8, 4) is 10.6 Å². The molecule has 8 heteroatoms. The number of thiazole rings is 1. The summed E-state index contributed by atoms with van der Waals surface area (Å²) in [4.78, 5) is 20.4. The van der Waals surface area contributed by atoms with Gasteiger partial charge in [-0.25, -0.2) is 9.78 Å². The first kappa shape index (κ1) is 19.7. The molecule has 0 aliphatic carbocycles. The molecular formula is C20H22BrN3O2S2. The molecule has 2 aromatic heterocycles. The molecule has 0 radical (unpaired) electrons. The molecule has 1 aliphatic heterocycles. The molecule has 1 amide bonds. The molecule has 2 N–H and O–H groups in total. The van der Waals surface area contributed by atoms with Crippen molar-refractivity contribution in [3.05, 3.63) is 33.1 Å². The van der Waals surface area contributed by atoms with E-state index in [1.807, 2.05) is 39.8 Å². The van der Waals surface area contributed by atoms with E-state index in [-0.39, 0.29) is 12.1 Å². The second-order valence-electron chi connectivity index (χ2n) is 7.91. The molecule has 1 aliphatic rings. The van der Waals surface area contributed by atoms with Crippen molar-refractivity contribution in [2.45, 2.75) is 45.8 Å². The highest BCUT2D eigenvalue weighted by atomic mass is 79.9. The van der Waals surface area contributed by atoms with E-state index in [9.17, 15) is 4.79 Å². The van der Waals surface area contributed by atoms with E-state index in [2.05, 4.69) is 22.0 Å². The third-order valence-electron chi connectivity index (χ3n) is 4.71. The molecule has 1 aromatic carbocycles. The predicted octanol–water partition coefficient (Wildman–Crippen LogP) is 6.22. The minimum absolute atomic E-state index is 0.0665. The van der Waals surface area contributed by atoms with Crippen LogP contribution in [0.2, 0.25) is 0 Å². The molecule has 0 fully saturated rings. The van der Waals surface area contributed by atoms with E-state index >= 15 is 0 Å². The number of ether oxygens (including phenoxy) is 1. The third kappa shape index (κ3) is 3.53. The number of nitrogen functional groups attached to an aromatic ring is 1. The monoisotopic (exact) mass is 479 g/mol. The zero-order valence-corrected chi connectivity index (χ0v) is 19.4. The number of carbonyl (C=O) groups is 1. The molecule has 3 heterocycles. The Morgan fingerprint density at radius 1 is 1.36 bits per heavy atom. The Morgan fingerprint density at radius 2 is 2.11 bits per heavy atom. The fraction of sp³-hybridized carbons (Fsp3) is 0.400. The summed E-state index contributed by atoms with van der Waals surface area (Å²) < 4.78 is 7.73. The van der Waals surface area contributed by atoms with Gasteiger partial charge in [-0.05, 0) is 57.9 Å². The first-order chi connectivity index (χ1) is 13.1. The van der Waals surface area contributed by atoms with Crippen molar-refractivity contribution in [3.63, 3.8) is 0 Å². The topological polar surface area (TPSA) is 68.5 Å². The van der Waals surface area contributed by atoms with Gasteiger partial charge in [0.1, 0.15) is 10.6 Å². The number of anilines is 1. The SMILES string of the molecule is C[C@@H]1c2sc(N)c(-c3nc4cc(Br)ccc4s3)c2CCN1C(=O)OC(C)(C)C. The summed E-state index contributed by atoms with van der Waals surface area (Å²) in [7, 11) is 0. The van der Waals surface area contributed by atoms with Gasteiger partial charge in [0, 0.05) is 21.5 Å². The fourth-order valence-electron chi connectivity index (χ4n) is 3.47. The number of aromatic nitrogens is 1. The maximum atomic E-state index is 12.6. The van der Waals surface area contributed by atoms with Gasteiger partial charge in [0.15, 0.2) is 0 Å². The Balaban J connectivity index is 1.70. The number of hydrogen-bond acceptors (Lipinski definition) is 6. The van der Waals surface area contributed by atoms with Gasteiger partial charge in [-0.3, -0.25) is 0 Å². The van der Waals surface area contributed by atoms with Crippen LogP contribution in [0.25, 0.3) is 20.8 Å². The lowest BCUT2D eigenvalue weighted by Gasteiger charge is -2.35. The van der Waals surface area contributed by atoms with Crippen LogP contribution in [0.3, 0.4) is 0 Å². The van der Waals surface area contributed by atoms with Crippen molar-refractivity contribution >= 4 is 59.9 Å². The first-order valence-corrected chi connectivity index (χ1v) is 11.5. The minimum Gasteiger partial charge on any atom is -0.444 e. The number of nitrogens with zero attached hydrogens (tertiary/aromatic N) is 2. The summed E-state index contributed by atoms with van der Waals surface area (Å²) in [5.41, 5.74) is 9.14. The van der Waals surface area contributed by atoms with Crippen LogP contribution < -0.4 is 5.73 Å². The van der Waals surface area contributed by atoms with Crippen molar-refractivity contribution in [1.29, 1.82) is 0 Å². The summed E-state index contributed by atoms with van der Waals surface area (Å²) in [6.07, 6.45) is 0.477. The molecule has 5 nitrogen and oxygen atoms in total. The van der Waals surface area contributed by atoms with Gasteiger partial charge in [-0.1, -0.05) is 15.9 Å². The molecular weight excluding hydrogens is 458 g/mol. The van der Waals surface area contributed by atoms with Crippen molar-refractivity contribution in [1.82, 2.24) is 9.88 Å². The third-order valence-corrected chi connectivity index (χ3v) is 7.49. The lowest BCUT2D eigenvalue weighted by molar-refractivity contribution is 0.0164. The average molecular weight is 480 g/mol. The lowest BCUT2D eigenvalue weighted by Crippen LogP contribution is -2.41. The average Bonchev–Trinajstić information content (AvgIpc) is 3.13. The van der Waals surface area contributed by atoms with Gasteiger partial charge in [-0.15, -0.1) is 22.7 Å². The maximum absolute atomic E-state index is 12.6. The Labute approximate surface area is 180 Å². The minimum atomic E-state index is -0.508. The standard InChI is InChI=1S/C20H22BrN3O2S2/c1-10-16-12(7-8-24(10)19(25)26-20(2,3)4)15(17(22)28-16)18-23-13-9-11(21)5-6-14(13)27-18/h5-6,9-10H,7-8,22H2,1-4H3/t10-/m1/s1. The van der Waals surface area contributed by atoms with E-state index in [1.54, 1.807) is 27.6 Å². The zero-order valence-electron chi connectivity index (χ0n) is 16.2. The number of nitrogens with two attached hydrogens (primary N) is 1. The smallest absolute Gasteiger partial charge is 0.410 e. The number of hydrogen-bond donors (Lipinski definition) is 1. The Kier molecular flexibility index (Phi) is 4.92. The molecule has 3 aromatic rings. The first-order valence-electron chi connectivity index (χ1n) is 9.11. The van der Waals surface area contributed by atoms with E-state index in [0.29, 0.717) is 6.54 Å². The van der Waals surface area contributed by atoms with Crippen LogP contribution in [0.5, 0.6) is 0 Å². The Morgan fingerprint density at radius 3 is 2.82 bits per heavy atom. The number of amides is 1. The van der Waals surface area contributed by atoms with E-state index < -0.39 is 5.60 Å². The summed E-state index contributed by atoms with van der Waals surface area (Å²) in [5.74, 6) is 0. The normalized spacial score (nSPS) is 17.0. The van der Waals surface area contributed by atoms with Crippen molar-refractivity contribution in [2.75, 3.05) is 12.3 Å². The van der Waals surface area contributed by atoms with E-state index in [4.69, 9.17) is 15.5 Å². The molecule has 1 atom stereocenters. The molecule has 28 heavy (non-hydrogen) atoms. The van der Waals surface area contributed by atoms with Crippen LogP contribution >= 0.6 is 38.6 Å². The van der Waals surface area contributed by atoms with E-state index in [1.165, 1.54) is 5.56 Å². The number of rotatable bonds is 1. The fourth-order valence-corrected chi connectivity index (χ4v) is 6.10. The van der Waals surface area contributed by atoms with Crippen LogP contribution in [0, 0.1) is 0 Å². The Bertz CT molecular complexity index is 1070. The largest absolute Gasteiger partial charge is 0.444 e. The van der Waals surface area contributed by atoms with Gasteiger partial charge in [0.25, 0.3) is 0 Å².